The van der Waals surface area contributed by atoms with Gasteiger partial charge in [-0.2, -0.15) is 4.31 Å². The minimum absolute atomic E-state index is 0.00148. The molecule has 0 N–H and O–H groups in total. The molecule has 3 rings (SSSR count). The molecular weight excluding hydrogens is 418 g/mol. The summed E-state index contributed by atoms with van der Waals surface area (Å²) in [4.78, 5) is 16.5. The van der Waals surface area contributed by atoms with Crippen LogP contribution in [0.3, 0.4) is 0 Å². The third kappa shape index (κ3) is 5.55. The summed E-state index contributed by atoms with van der Waals surface area (Å²) in [7, 11) is 1.19. The maximum atomic E-state index is 13.0. The second-order valence-corrected chi connectivity index (χ2v) is 9.40. The van der Waals surface area contributed by atoms with Crippen molar-refractivity contribution < 1.29 is 22.7 Å². The van der Waals surface area contributed by atoms with E-state index in [2.05, 4.69) is 0 Å². The number of hydrogen-bond acceptors (Lipinski definition) is 6. The number of ether oxygens (including phenoxy) is 2. The Morgan fingerprint density at radius 1 is 0.968 bits per heavy atom. The monoisotopic (exact) mass is 447 g/mol. The molecule has 168 valence electrons. The molecule has 0 bridgehead atoms. The lowest BCUT2D eigenvalue weighted by Crippen LogP contribution is -2.52. The van der Waals surface area contributed by atoms with E-state index >= 15 is 0 Å². The second-order valence-electron chi connectivity index (χ2n) is 7.46. The third-order valence-corrected chi connectivity index (χ3v) is 7.18. The van der Waals surface area contributed by atoms with E-state index in [1.807, 2.05) is 42.3 Å². The Morgan fingerprint density at radius 2 is 1.61 bits per heavy atom. The number of amides is 1. The summed E-state index contributed by atoms with van der Waals surface area (Å²) in [5.74, 6) is 0.830. The van der Waals surface area contributed by atoms with E-state index in [0.29, 0.717) is 31.1 Å². The van der Waals surface area contributed by atoms with E-state index < -0.39 is 10.0 Å². The number of rotatable bonds is 8. The van der Waals surface area contributed by atoms with Crippen LogP contribution in [0, 0.1) is 0 Å². The number of methoxy groups -OCH3 is 2. The molecule has 0 saturated carbocycles. The van der Waals surface area contributed by atoms with Crippen molar-refractivity contribution in [2.75, 3.05) is 54.0 Å². The second kappa shape index (κ2) is 10.1. The highest BCUT2D eigenvalue weighted by atomic mass is 32.2. The quantitative estimate of drug-likeness (QED) is 0.613. The predicted molar refractivity (Wildman–Crippen MR) is 118 cm³/mol. The van der Waals surface area contributed by atoms with Gasteiger partial charge in [-0.3, -0.25) is 9.69 Å². The highest BCUT2D eigenvalue weighted by Crippen LogP contribution is 2.30. The molecule has 1 aliphatic heterocycles. The minimum atomic E-state index is -3.68. The van der Waals surface area contributed by atoms with Crippen LogP contribution in [0.5, 0.6) is 11.5 Å². The average molecular weight is 448 g/mol. The van der Waals surface area contributed by atoms with Crippen molar-refractivity contribution in [3.63, 3.8) is 0 Å². The molecule has 1 heterocycles. The van der Waals surface area contributed by atoms with Gasteiger partial charge in [0.15, 0.2) is 11.5 Å². The number of hydrogen-bond donors (Lipinski definition) is 0. The van der Waals surface area contributed by atoms with Crippen molar-refractivity contribution in [2.45, 2.75) is 11.4 Å². The van der Waals surface area contributed by atoms with Gasteiger partial charge in [0.05, 0.1) is 25.7 Å². The van der Waals surface area contributed by atoms with E-state index in [1.165, 1.54) is 30.7 Å². The summed E-state index contributed by atoms with van der Waals surface area (Å²) >= 11 is 0. The number of piperazine rings is 1. The lowest BCUT2D eigenvalue weighted by Gasteiger charge is -2.34. The molecule has 1 aliphatic rings. The summed E-state index contributed by atoms with van der Waals surface area (Å²) in [6, 6.07) is 14.5. The molecule has 8 nitrogen and oxygen atoms in total. The molecule has 1 fully saturated rings. The van der Waals surface area contributed by atoms with Crippen LogP contribution in [0.4, 0.5) is 0 Å². The van der Waals surface area contributed by atoms with Crippen LogP contribution >= 0.6 is 0 Å². The Bertz CT molecular complexity index is 989. The van der Waals surface area contributed by atoms with Crippen molar-refractivity contribution in [3.8, 4) is 11.5 Å². The summed E-state index contributed by atoms with van der Waals surface area (Å²) in [5.41, 5.74) is 1.14. The van der Waals surface area contributed by atoms with Crippen molar-refractivity contribution in [1.82, 2.24) is 14.1 Å². The molecule has 0 atom stereocenters. The maximum Gasteiger partial charge on any atom is 0.243 e. The molecule has 31 heavy (non-hydrogen) atoms. The van der Waals surface area contributed by atoms with E-state index in [1.54, 1.807) is 11.0 Å². The fraction of sp³-hybridized carbons (Fsp3) is 0.409. The van der Waals surface area contributed by atoms with Crippen LogP contribution in [0.15, 0.2) is 53.4 Å². The van der Waals surface area contributed by atoms with Gasteiger partial charge in [0.2, 0.25) is 15.9 Å². The predicted octanol–water partition coefficient (Wildman–Crippen LogP) is 1.67. The number of likely N-dealkylation sites (N-methyl/N-ethyl adjacent to an activating group) is 1. The lowest BCUT2D eigenvalue weighted by atomic mass is 10.2. The Hall–Kier alpha value is -2.62. The zero-order valence-corrected chi connectivity index (χ0v) is 19.0. The van der Waals surface area contributed by atoms with Crippen LogP contribution in [-0.2, 0) is 21.4 Å². The molecule has 0 aromatic heterocycles. The Morgan fingerprint density at radius 3 is 2.23 bits per heavy atom. The summed E-state index contributed by atoms with van der Waals surface area (Å²) in [6.07, 6.45) is 0. The number of carbonyl (C=O) groups is 1. The zero-order chi connectivity index (χ0) is 22.4. The Kier molecular flexibility index (Phi) is 7.53. The first kappa shape index (κ1) is 23.1. The molecule has 1 amide bonds. The van der Waals surface area contributed by atoms with Crippen LogP contribution in [0.1, 0.15) is 5.56 Å². The molecule has 0 radical (unpaired) electrons. The standard InChI is InChI=1S/C22H29N3O5S/c1-23(16-18-7-5-4-6-8-18)17-22(26)24-11-13-25(14-12-24)31(27,28)19-9-10-20(29-2)21(15-19)30-3/h4-10,15H,11-14,16-17H2,1-3H3. The summed E-state index contributed by atoms with van der Waals surface area (Å²) in [6.45, 7) is 2.21. The topological polar surface area (TPSA) is 79.4 Å². The van der Waals surface area contributed by atoms with Crippen molar-refractivity contribution >= 4 is 15.9 Å². The van der Waals surface area contributed by atoms with Crippen molar-refractivity contribution in [1.29, 1.82) is 0 Å². The van der Waals surface area contributed by atoms with Gasteiger partial charge in [-0.25, -0.2) is 8.42 Å². The molecule has 0 unspecified atom stereocenters. The van der Waals surface area contributed by atoms with E-state index in [-0.39, 0.29) is 30.4 Å². The van der Waals surface area contributed by atoms with Crippen LogP contribution in [-0.4, -0.2) is 82.4 Å². The van der Waals surface area contributed by atoms with Crippen LogP contribution in [0.2, 0.25) is 0 Å². The first-order valence-electron chi connectivity index (χ1n) is 10.1. The van der Waals surface area contributed by atoms with Gasteiger partial charge >= 0.3 is 0 Å². The third-order valence-electron chi connectivity index (χ3n) is 5.28. The number of sulfonamides is 1. The van der Waals surface area contributed by atoms with Crippen molar-refractivity contribution in [2.24, 2.45) is 0 Å². The molecule has 0 aliphatic carbocycles. The zero-order valence-electron chi connectivity index (χ0n) is 18.2. The molecule has 0 spiro atoms. The highest BCUT2D eigenvalue weighted by Gasteiger charge is 2.31. The van der Waals surface area contributed by atoms with E-state index in [9.17, 15) is 13.2 Å². The normalized spacial score (nSPS) is 15.2. The number of benzene rings is 2. The smallest absolute Gasteiger partial charge is 0.243 e. The Labute approximate surface area is 184 Å². The minimum Gasteiger partial charge on any atom is -0.493 e. The first-order chi connectivity index (χ1) is 14.8. The molecule has 2 aromatic rings. The average Bonchev–Trinajstić information content (AvgIpc) is 2.79. The fourth-order valence-electron chi connectivity index (χ4n) is 3.59. The lowest BCUT2D eigenvalue weighted by molar-refractivity contribution is -0.133. The van der Waals surface area contributed by atoms with Gasteiger partial charge in [-0.1, -0.05) is 30.3 Å². The number of nitrogens with zero attached hydrogens (tertiary/aromatic N) is 3. The van der Waals surface area contributed by atoms with Gasteiger partial charge in [0.25, 0.3) is 0 Å². The first-order valence-corrected chi connectivity index (χ1v) is 11.5. The largest absolute Gasteiger partial charge is 0.493 e. The van der Waals surface area contributed by atoms with Gasteiger partial charge in [-0.05, 0) is 24.7 Å². The van der Waals surface area contributed by atoms with E-state index in [0.717, 1.165) is 5.56 Å². The van der Waals surface area contributed by atoms with Gasteiger partial charge in [0, 0.05) is 38.8 Å². The number of carbonyl (C=O) groups excluding carboxylic acids is 1. The molecule has 2 aromatic carbocycles. The summed E-state index contributed by atoms with van der Waals surface area (Å²) in [5, 5.41) is 0. The SMILES string of the molecule is COc1ccc(S(=O)(=O)N2CCN(C(=O)CN(C)Cc3ccccc3)CC2)cc1OC. The molecule has 1 saturated heterocycles. The van der Waals surface area contributed by atoms with Crippen LogP contribution in [0.25, 0.3) is 0 Å². The molecule has 9 heteroatoms. The van der Waals surface area contributed by atoms with E-state index in [4.69, 9.17) is 9.47 Å². The maximum absolute atomic E-state index is 13.0. The highest BCUT2D eigenvalue weighted by molar-refractivity contribution is 7.89. The van der Waals surface area contributed by atoms with Crippen LogP contribution < -0.4 is 9.47 Å². The molecular formula is C22H29N3O5S. The van der Waals surface area contributed by atoms with Gasteiger partial charge in [0.1, 0.15) is 0 Å². The van der Waals surface area contributed by atoms with Gasteiger partial charge in [-0.15, -0.1) is 0 Å². The van der Waals surface area contributed by atoms with Gasteiger partial charge < -0.3 is 14.4 Å². The fourth-order valence-corrected chi connectivity index (χ4v) is 5.02. The summed E-state index contributed by atoms with van der Waals surface area (Å²) < 4.78 is 37.9. The Balaban J connectivity index is 1.57. The van der Waals surface area contributed by atoms with Crippen molar-refractivity contribution in [3.05, 3.63) is 54.1 Å².